The number of amides is 1. The van der Waals surface area contributed by atoms with Gasteiger partial charge in [0.1, 0.15) is 9.90 Å². The van der Waals surface area contributed by atoms with Crippen LogP contribution >= 0.6 is 11.3 Å². The van der Waals surface area contributed by atoms with E-state index in [1.165, 1.54) is 30.3 Å². The van der Waals surface area contributed by atoms with Crippen molar-refractivity contribution in [3.63, 3.8) is 0 Å². The molecule has 3 aromatic rings. The van der Waals surface area contributed by atoms with E-state index in [-0.39, 0.29) is 26.8 Å². The number of halogens is 2. The summed E-state index contributed by atoms with van der Waals surface area (Å²) in [5, 5.41) is 4.11. The maximum absolute atomic E-state index is 14.5. The molecule has 0 atom stereocenters. The number of carbonyl (C=O) groups excluding carboxylic acids is 1. The van der Waals surface area contributed by atoms with Crippen LogP contribution in [0.15, 0.2) is 58.1 Å². The molecule has 0 saturated carbocycles. The lowest BCUT2D eigenvalue weighted by Crippen LogP contribution is -2.21. The lowest BCUT2D eigenvalue weighted by Gasteiger charge is -2.20. The zero-order valence-electron chi connectivity index (χ0n) is 16.3. The van der Waals surface area contributed by atoms with Crippen LogP contribution in [0.5, 0.6) is 0 Å². The molecule has 2 heterocycles. The number of carbonyl (C=O) groups is 1. The lowest BCUT2D eigenvalue weighted by molar-refractivity contribution is 0.102. The first-order valence-corrected chi connectivity index (χ1v) is 11.9. The topological polar surface area (TPSA) is 78.5 Å². The molecule has 1 aromatic heterocycles. The van der Waals surface area contributed by atoms with Crippen molar-refractivity contribution in [3.8, 4) is 0 Å². The van der Waals surface area contributed by atoms with Gasteiger partial charge in [0, 0.05) is 30.0 Å². The first-order valence-electron chi connectivity index (χ1n) is 9.55. The highest BCUT2D eigenvalue weighted by molar-refractivity contribution is 7.94. The second-order valence-corrected chi connectivity index (χ2v) is 9.91. The summed E-state index contributed by atoms with van der Waals surface area (Å²) in [6.45, 7) is 1.18. The van der Waals surface area contributed by atoms with E-state index in [0.717, 1.165) is 36.3 Å². The smallest absolute Gasteiger partial charge is 0.271 e. The van der Waals surface area contributed by atoms with E-state index in [0.29, 0.717) is 13.1 Å². The number of sulfonamides is 1. The van der Waals surface area contributed by atoms with Gasteiger partial charge in [0.25, 0.3) is 15.9 Å². The summed E-state index contributed by atoms with van der Waals surface area (Å²) in [7, 11) is -3.76. The highest BCUT2D eigenvalue weighted by Gasteiger charge is 2.22. The van der Waals surface area contributed by atoms with E-state index in [2.05, 4.69) is 10.0 Å². The maximum Gasteiger partial charge on any atom is 0.271 e. The van der Waals surface area contributed by atoms with Crippen LogP contribution in [0, 0.1) is 11.6 Å². The Balaban J connectivity index is 1.51. The molecule has 0 spiro atoms. The van der Waals surface area contributed by atoms with Crippen LogP contribution in [0.4, 0.5) is 25.8 Å². The minimum Gasteiger partial charge on any atom is -0.367 e. The Hall–Kier alpha value is -2.98. The van der Waals surface area contributed by atoms with E-state index in [1.54, 1.807) is 16.3 Å². The summed E-state index contributed by atoms with van der Waals surface area (Å²) in [6, 6.07) is 11.1. The molecule has 1 aliphatic rings. The van der Waals surface area contributed by atoms with Gasteiger partial charge in [-0.3, -0.25) is 9.52 Å². The van der Waals surface area contributed by atoms with Crippen LogP contribution in [0.2, 0.25) is 0 Å². The third kappa shape index (κ3) is 4.70. The Bertz CT molecular complexity index is 1190. The van der Waals surface area contributed by atoms with Gasteiger partial charge in [-0.25, -0.2) is 17.2 Å². The van der Waals surface area contributed by atoms with Crippen molar-refractivity contribution in [2.75, 3.05) is 28.0 Å². The first kappa shape index (κ1) is 21.3. The van der Waals surface area contributed by atoms with Gasteiger partial charge < -0.3 is 10.2 Å². The van der Waals surface area contributed by atoms with Gasteiger partial charge >= 0.3 is 0 Å². The monoisotopic (exact) mass is 463 g/mol. The zero-order chi connectivity index (χ0) is 22.0. The van der Waals surface area contributed by atoms with Crippen LogP contribution in [0.25, 0.3) is 0 Å². The van der Waals surface area contributed by atoms with Crippen molar-refractivity contribution in [2.24, 2.45) is 0 Å². The van der Waals surface area contributed by atoms with Gasteiger partial charge in [-0.1, -0.05) is 12.1 Å². The van der Waals surface area contributed by atoms with Gasteiger partial charge in [0.15, 0.2) is 11.6 Å². The number of rotatable bonds is 6. The lowest BCUT2D eigenvalue weighted by atomic mass is 10.1. The first-order chi connectivity index (χ1) is 14.8. The molecular formula is C21H19F2N3O3S2. The molecular weight excluding hydrogens is 444 g/mol. The van der Waals surface area contributed by atoms with Crippen LogP contribution in [-0.4, -0.2) is 27.4 Å². The summed E-state index contributed by atoms with van der Waals surface area (Å²) < 4.78 is 56.3. The molecule has 1 saturated heterocycles. The highest BCUT2D eigenvalue weighted by atomic mass is 32.2. The summed E-state index contributed by atoms with van der Waals surface area (Å²) in [4.78, 5) is 14.2. The molecule has 2 N–H and O–H groups in total. The van der Waals surface area contributed by atoms with E-state index >= 15 is 0 Å². The van der Waals surface area contributed by atoms with Crippen LogP contribution in [0.3, 0.4) is 0 Å². The average molecular weight is 464 g/mol. The minimum atomic E-state index is -3.76. The highest BCUT2D eigenvalue weighted by Crippen LogP contribution is 2.30. The Kier molecular flexibility index (Phi) is 5.92. The summed E-state index contributed by atoms with van der Waals surface area (Å²) in [5.74, 6) is -2.10. The summed E-state index contributed by atoms with van der Waals surface area (Å²) in [5.41, 5.74) is 0.228. The van der Waals surface area contributed by atoms with E-state index < -0.39 is 27.6 Å². The molecule has 1 aliphatic heterocycles. The molecule has 162 valence electrons. The largest absolute Gasteiger partial charge is 0.367 e. The van der Waals surface area contributed by atoms with E-state index in [1.807, 2.05) is 0 Å². The third-order valence-corrected chi connectivity index (χ3v) is 7.61. The van der Waals surface area contributed by atoms with Gasteiger partial charge in [-0.15, -0.1) is 11.3 Å². The second kappa shape index (κ2) is 8.64. The van der Waals surface area contributed by atoms with Gasteiger partial charge in [0.05, 0.1) is 0 Å². The Morgan fingerprint density at radius 2 is 1.68 bits per heavy atom. The third-order valence-electron chi connectivity index (χ3n) is 4.83. The molecule has 0 unspecified atom stereocenters. The van der Waals surface area contributed by atoms with Crippen molar-refractivity contribution in [1.82, 2.24) is 0 Å². The fourth-order valence-corrected chi connectivity index (χ4v) is 5.47. The molecule has 10 heteroatoms. The fraction of sp³-hybridized carbons (Fsp3) is 0.190. The number of nitrogens with one attached hydrogen (secondary N) is 2. The SMILES string of the molecule is O=C(Nc1cc(F)c(N2CCCC2)c(F)c1)c1cccc(NS(=O)(=O)c2cccs2)c1. The fourth-order valence-electron chi connectivity index (χ4n) is 3.43. The predicted molar refractivity (Wildman–Crippen MR) is 117 cm³/mol. The Morgan fingerprint density at radius 1 is 0.968 bits per heavy atom. The Morgan fingerprint density at radius 3 is 2.32 bits per heavy atom. The van der Waals surface area contributed by atoms with Gasteiger partial charge in [-0.05, 0) is 54.6 Å². The van der Waals surface area contributed by atoms with Crippen molar-refractivity contribution in [1.29, 1.82) is 0 Å². The minimum absolute atomic E-state index is 0.0208. The van der Waals surface area contributed by atoms with Gasteiger partial charge in [0.2, 0.25) is 0 Å². The van der Waals surface area contributed by atoms with E-state index in [4.69, 9.17) is 0 Å². The number of nitrogens with zero attached hydrogens (tertiary/aromatic N) is 1. The number of hydrogen-bond donors (Lipinski definition) is 2. The normalized spacial score (nSPS) is 13.9. The van der Waals surface area contributed by atoms with Crippen molar-refractivity contribution in [2.45, 2.75) is 17.1 Å². The second-order valence-electron chi connectivity index (χ2n) is 7.06. The maximum atomic E-state index is 14.5. The van der Waals surface area contributed by atoms with Crippen LogP contribution < -0.4 is 14.9 Å². The van der Waals surface area contributed by atoms with Crippen LogP contribution in [0.1, 0.15) is 23.2 Å². The number of benzene rings is 2. The quantitative estimate of drug-likeness (QED) is 0.557. The number of anilines is 3. The van der Waals surface area contributed by atoms with E-state index in [9.17, 15) is 22.0 Å². The van der Waals surface area contributed by atoms with Crippen molar-refractivity contribution >= 4 is 44.3 Å². The van der Waals surface area contributed by atoms with Crippen LogP contribution in [-0.2, 0) is 10.0 Å². The molecule has 2 aromatic carbocycles. The average Bonchev–Trinajstić information content (AvgIpc) is 3.42. The summed E-state index contributed by atoms with van der Waals surface area (Å²) in [6.07, 6.45) is 1.76. The zero-order valence-corrected chi connectivity index (χ0v) is 17.9. The molecule has 31 heavy (non-hydrogen) atoms. The molecule has 6 nitrogen and oxygen atoms in total. The number of thiophene rings is 1. The molecule has 4 rings (SSSR count). The molecule has 1 amide bonds. The van der Waals surface area contributed by atoms with Crippen molar-refractivity contribution in [3.05, 3.63) is 71.1 Å². The molecule has 1 fully saturated rings. The molecule has 0 radical (unpaired) electrons. The molecule has 0 bridgehead atoms. The Labute approximate surface area is 182 Å². The standard InChI is InChI=1S/C21H19F2N3O3S2/c22-17-12-16(13-18(23)20(17)26-8-1-2-9-26)24-21(27)14-5-3-6-15(11-14)25-31(28,29)19-7-4-10-30-19/h3-7,10-13,25H,1-2,8-9H2,(H,24,27). The van der Waals surface area contributed by atoms with Crippen molar-refractivity contribution < 1.29 is 22.0 Å². The predicted octanol–water partition coefficient (Wildman–Crippen LogP) is 4.68. The van der Waals surface area contributed by atoms with Gasteiger partial charge in [-0.2, -0.15) is 0 Å². The molecule has 0 aliphatic carbocycles. The summed E-state index contributed by atoms with van der Waals surface area (Å²) >= 11 is 1.07. The number of hydrogen-bond acceptors (Lipinski definition) is 5.